The monoisotopic (exact) mass is 310 g/mol. The molecular weight excluding hydrogens is 276 g/mol. The zero-order chi connectivity index (χ0) is 16.0. The van der Waals surface area contributed by atoms with E-state index >= 15 is 0 Å². The fraction of sp³-hybridized carbons (Fsp3) is 0.944. The minimum absolute atomic E-state index is 0.208. The van der Waals surface area contributed by atoms with Crippen LogP contribution in [0.25, 0.3) is 0 Å². The fourth-order valence-electron chi connectivity index (χ4n) is 3.71. The predicted molar refractivity (Wildman–Crippen MR) is 90.0 cm³/mol. The van der Waals surface area contributed by atoms with Gasteiger partial charge in [0.15, 0.2) is 0 Å². The van der Waals surface area contributed by atoms with Crippen LogP contribution in [-0.2, 0) is 4.74 Å². The Hall–Kier alpha value is -0.770. The Kier molecular flexibility index (Phi) is 6.54. The van der Waals surface area contributed by atoms with Gasteiger partial charge in [-0.1, -0.05) is 38.5 Å². The van der Waals surface area contributed by atoms with Crippen LogP contribution in [0.15, 0.2) is 0 Å². The molecule has 2 aliphatic carbocycles. The molecule has 4 heteroatoms. The molecule has 1 amide bonds. The topological polar surface area (TPSA) is 50.4 Å². The summed E-state index contributed by atoms with van der Waals surface area (Å²) in [6, 6.07) is 1.25. The van der Waals surface area contributed by atoms with Gasteiger partial charge in [0.1, 0.15) is 5.60 Å². The molecule has 2 saturated carbocycles. The van der Waals surface area contributed by atoms with Crippen LogP contribution in [-0.4, -0.2) is 29.8 Å². The summed E-state index contributed by atoms with van der Waals surface area (Å²) >= 11 is 0. The van der Waals surface area contributed by atoms with Crippen LogP contribution >= 0.6 is 0 Å². The Labute approximate surface area is 135 Å². The van der Waals surface area contributed by atoms with Crippen molar-refractivity contribution in [2.24, 2.45) is 0 Å². The van der Waals surface area contributed by atoms with E-state index in [2.05, 4.69) is 10.6 Å². The summed E-state index contributed by atoms with van der Waals surface area (Å²) in [7, 11) is 0. The van der Waals surface area contributed by atoms with E-state index in [0.717, 1.165) is 12.8 Å². The van der Waals surface area contributed by atoms with E-state index in [4.69, 9.17) is 4.74 Å². The maximum absolute atomic E-state index is 12.1. The minimum atomic E-state index is -0.429. The highest BCUT2D eigenvalue weighted by Gasteiger charge is 2.29. The lowest BCUT2D eigenvalue weighted by atomic mass is 9.93. The molecule has 2 aliphatic rings. The van der Waals surface area contributed by atoms with Crippen LogP contribution in [0.5, 0.6) is 0 Å². The average molecular weight is 310 g/mol. The summed E-state index contributed by atoms with van der Waals surface area (Å²) in [5.41, 5.74) is -0.429. The summed E-state index contributed by atoms with van der Waals surface area (Å²) in [6.45, 7) is 5.74. The van der Waals surface area contributed by atoms with Crippen molar-refractivity contribution in [2.75, 3.05) is 0 Å². The van der Waals surface area contributed by atoms with Gasteiger partial charge in [0.25, 0.3) is 0 Å². The molecule has 0 bridgehead atoms. The number of hydrogen-bond acceptors (Lipinski definition) is 3. The van der Waals surface area contributed by atoms with E-state index in [-0.39, 0.29) is 12.1 Å². The van der Waals surface area contributed by atoms with Gasteiger partial charge in [0, 0.05) is 18.1 Å². The van der Waals surface area contributed by atoms with Crippen molar-refractivity contribution in [1.82, 2.24) is 10.6 Å². The third kappa shape index (κ3) is 6.15. The van der Waals surface area contributed by atoms with Crippen molar-refractivity contribution in [3.63, 3.8) is 0 Å². The third-order valence-corrected chi connectivity index (χ3v) is 4.77. The lowest BCUT2D eigenvalue weighted by Gasteiger charge is -2.33. The number of amides is 1. The number of carbonyl (C=O) groups excluding carboxylic acids is 1. The zero-order valence-corrected chi connectivity index (χ0v) is 14.6. The molecule has 2 unspecified atom stereocenters. The Morgan fingerprint density at radius 1 is 0.864 bits per heavy atom. The van der Waals surface area contributed by atoms with Crippen LogP contribution in [0.2, 0.25) is 0 Å². The predicted octanol–water partition coefficient (Wildman–Crippen LogP) is 4.13. The van der Waals surface area contributed by atoms with Gasteiger partial charge in [-0.2, -0.15) is 0 Å². The first-order valence-electron chi connectivity index (χ1n) is 9.19. The van der Waals surface area contributed by atoms with E-state index in [0.29, 0.717) is 12.1 Å². The second kappa shape index (κ2) is 8.19. The largest absolute Gasteiger partial charge is 0.444 e. The number of rotatable bonds is 3. The maximum Gasteiger partial charge on any atom is 0.407 e. The maximum atomic E-state index is 12.1. The zero-order valence-electron chi connectivity index (χ0n) is 14.6. The lowest BCUT2D eigenvalue weighted by molar-refractivity contribution is 0.0487. The molecule has 0 saturated heterocycles. The van der Waals surface area contributed by atoms with Crippen LogP contribution in [0.1, 0.15) is 85.0 Å². The molecule has 0 radical (unpaired) electrons. The second-order valence-electron chi connectivity index (χ2n) is 8.00. The van der Waals surface area contributed by atoms with Crippen molar-refractivity contribution < 1.29 is 9.53 Å². The van der Waals surface area contributed by atoms with Gasteiger partial charge < -0.3 is 15.4 Å². The average Bonchev–Trinajstić information content (AvgIpc) is 2.64. The quantitative estimate of drug-likeness (QED) is 0.770. The molecule has 2 atom stereocenters. The molecule has 128 valence electrons. The van der Waals surface area contributed by atoms with Crippen molar-refractivity contribution >= 4 is 6.09 Å². The van der Waals surface area contributed by atoms with E-state index in [9.17, 15) is 4.79 Å². The Balaban J connectivity index is 1.90. The highest BCUT2D eigenvalue weighted by Crippen LogP contribution is 2.23. The molecule has 0 aromatic carbocycles. The van der Waals surface area contributed by atoms with Crippen molar-refractivity contribution in [3.05, 3.63) is 0 Å². The summed E-state index contributed by atoms with van der Waals surface area (Å²) < 4.78 is 5.44. The van der Waals surface area contributed by atoms with Gasteiger partial charge in [-0.15, -0.1) is 0 Å². The number of alkyl carbamates (subject to hydrolysis) is 1. The van der Waals surface area contributed by atoms with E-state index in [1.807, 2.05) is 20.8 Å². The first-order valence-corrected chi connectivity index (χ1v) is 9.19. The summed E-state index contributed by atoms with van der Waals surface area (Å²) in [5.74, 6) is 0. The first kappa shape index (κ1) is 17.6. The highest BCUT2D eigenvalue weighted by atomic mass is 16.6. The fourth-order valence-corrected chi connectivity index (χ4v) is 3.71. The van der Waals surface area contributed by atoms with Gasteiger partial charge in [-0.3, -0.25) is 0 Å². The van der Waals surface area contributed by atoms with Crippen molar-refractivity contribution in [3.8, 4) is 0 Å². The molecular formula is C18H34N2O2. The van der Waals surface area contributed by atoms with Gasteiger partial charge >= 0.3 is 6.09 Å². The number of ether oxygens (including phenoxy) is 1. The molecule has 0 heterocycles. The van der Waals surface area contributed by atoms with Crippen LogP contribution in [0.4, 0.5) is 4.79 Å². The Morgan fingerprint density at radius 2 is 1.41 bits per heavy atom. The van der Waals surface area contributed by atoms with Gasteiger partial charge in [-0.05, 0) is 46.5 Å². The van der Waals surface area contributed by atoms with E-state index in [1.54, 1.807) is 0 Å². The van der Waals surface area contributed by atoms with Crippen LogP contribution in [0, 0.1) is 0 Å². The van der Waals surface area contributed by atoms with Gasteiger partial charge in [0.2, 0.25) is 0 Å². The molecule has 22 heavy (non-hydrogen) atoms. The molecule has 4 nitrogen and oxygen atoms in total. The number of hydrogen-bond donors (Lipinski definition) is 2. The van der Waals surface area contributed by atoms with Gasteiger partial charge in [-0.25, -0.2) is 4.79 Å². The van der Waals surface area contributed by atoms with Crippen LogP contribution in [0.3, 0.4) is 0 Å². The molecule has 0 aromatic heterocycles. The molecule has 0 spiro atoms. The Morgan fingerprint density at radius 3 is 2.00 bits per heavy atom. The summed E-state index contributed by atoms with van der Waals surface area (Å²) in [5, 5.41) is 6.98. The van der Waals surface area contributed by atoms with Crippen molar-refractivity contribution in [2.45, 2.75) is 109 Å². The van der Waals surface area contributed by atoms with E-state index < -0.39 is 5.60 Å². The Bertz CT molecular complexity index is 345. The van der Waals surface area contributed by atoms with E-state index in [1.165, 1.54) is 51.4 Å². The minimum Gasteiger partial charge on any atom is -0.444 e. The molecule has 0 aliphatic heterocycles. The molecule has 2 N–H and O–H groups in total. The number of nitrogens with one attached hydrogen (secondary N) is 2. The van der Waals surface area contributed by atoms with Gasteiger partial charge in [0.05, 0.1) is 0 Å². The molecule has 2 fully saturated rings. The molecule has 0 aromatic rings. The highest BCUT2D eigenvalue weighted by molar-refractivity contribution is 5.68. The third-order valence-electron chi connectivity index (χ3n) is 4.77. The molecule has 2 rings (SSSR count). The number of carbonyl (C=O) groups is 1. The summed E-state index contributed by atoms with van der Waals surface area (Å²) in [6.07, 6.45) is 12.3. The van der Waals surface area contributed by atoms with Crippen LogP contribution < -0.4 is 10.6 Å². The lowest BCUT2D eigenvalue weighted by Crippen LogP contribution is -2.53. The summed E-state index contributed by atoms with van der Waals surface area (Å²) in [4.78, 5) is 12.1. The van der Waals surface area contributed by atoms with Crippen molar-refractivity contribution in [1.29, 1.82) is 0 Å². The second-order valence-corrected chi connectivity index (χ2v) is 8.00. The standard InChI is InChI=1S/C18H34N2O2/c1-18(2,3)22-17(21)20-16-13-9-5-8-12-15(16)19-14-10-6-4-7-11-14/h14-16,19H,4-13H2,1-3H3,(H,20,21). The first-order chi connectivity index (χ1) is 10.4. The SMILES string of the molecule is CC(C)(C)OC(=O)NC1CCCCCC1NC1CCCCC1. The smallest absolute Gasteiger partial charge is 0.407 e. The normalized spacial score (nSPS) is 28.0.